The molecule has 0 bridgehead atoms. The molecule has 0 aliphatic carbocycles. The summed E-state index contributed by atoms with van der Waals surface area (Å²) in [5, 5.41) is 0. The Morgan fingerprint density at radius 3 is 2.60 bits per heavy atom. The Labute approximate surface area is 149 Å². The van der Waals surface area contributed by atoms with Gasteiger partial charge in [-0.2, -0.15) is 0 Å². The SMILES string of the molecule is CC(C)[C@H]1CN(C(=O)CCCN)CCC(=O)N1Cc1ccc(F)cc1. The average molecular weight is 349 g/mol. The van der Waals surface area contributed by atoms with Crippen LogP contribution in [0.1, 0.15) is 38.7 Å². The van der Waals surface area contributed by atoms with Crippen LogP contribution in [0.5, 0.6) is 0 Å². The molecule has 1 atom stereocenters. The zero-order valence-corrected chi connectivity index (χ0v) is 15.1. The largest absolute Gasteiger partial charge is 0.340 e. The maximum atomic E-state index is 13.1. The average Bonchev–Trinajstić information content (AvgIpc) is 2.75. The number of amides is 2. The van der Waals surface area contributed by atoms with E-state index in [1.807, 2.05) is 4.90 Å². The number of hydrogen-bond acceptors (Lipinski definition) is 3. The first-order chi connectivity index (χ1) is 11.9. The monoisotopic (exact) mass is 349 g/mol. The van der Waals surface area contributed by atoms with Gasteiger partial charge in [0, 0.05) is 32.5 Å². The number of rotatable bonds is 6. The first-order valence-corrected chi connectivity index (χ1v) is 8.94. The van der Waals surface area contributed by atoms with Crippen LogP contribution < -0.4 is 5.73 Å². The lowest BCUT2D eigenvalue weighted by molar-refractivity contribution is -0.134. The van der Waals surface area contributed by atoms with E-state index in [4.69, 9.17) is 5.73 Å². The zero-order chi connectivity index (χ0) is 18.4. The van der Waals surface area contributed by atoms with Crippen molar-refractivity contribution in [2.75, 3.05) is 19.6 Å². The van der Waals surface area contributed by atoms with Crippen LogP contribution in [0.15, 0.2) is 24.3 Å². The van der Waals surface area contributed by atoms with Crippen LogP contribution in [-0.2, 0) is 16.1 Å². The van der Waals surface area contributed by atoms with Crippen molar-refractivity contribution < 1.29 is 14.0 Å². The summed E-state index contributed by atoms with van der Waals surface area (Å²) in [7, 11) is 0. The summed E-state index contributed by atoms with van der Waals surface area (Å²) in [6.45, 7) is 6.03. The summed E-state index contributed by atoms with van der Waals surface area (Å²) in [6, 6.07) is 6.17. The quantitative estimate of drug-likeness (QED) is 0.856. The topological polar surface area (TPSA) is 66.6 Å². The number of nitrogens with zero attached hydrogens (tertiary/aromatic N) is 2. The van der Waals surface area contributed by atoms with Crippen molar-refractivity contribution in [3.63, 3.8) is 0 Å². The van der Waals surface area contributed by atoms with E-state index < -0.39 is 0 Å². The Kier molecular flexibility index (Phi) is 6.93. The molecule has 1 aromatic rings. The third-order valence-electron chi connectivity index (χ3n) is 4.71. The third-order valence-corrected chi connectivity index (χ3v) is 4.71. The van der Waals surface area contributed by atoms with E-state index in [2.05, 4.69) is 13.8 Å². The van der Waals surface area contributed by atoms with Crippen molar-refractivity contribution in [1.82, 2.24) is 9.80 Å². The lowest BCUT2D eigenvalue weighted by Gasteiger charge is -2.34. The van der Waals surface area contributed by atoms with Crippen molar-refractivity contribution in [3.05, 3.63) is 35.6 Å². The van der Waals surface area contributed by atoms with Gasteiger partial charge in [0.05, 0.1) is 6.04 Å². The van der Waals surface area contributed by atoms with Crippen LogP contribution in [0.3, 0.4) is 0 Å². The molecule has 1 fully saturated rings. The highest BCUT2D eigenvalue weighted by molar-refractivity contribution is 5.80. The number of halogens is 1. The molecule has 2 N–H and O–H groups in total. The molecule has 0 saturated carbocycles. The molecule has 0 unspecified atom stereocenters. The molecule has 6 heteroatoms. The summed E-state index contributed by atoms with van der Waals surface area (Å²) in [6.07, 6.45) is 1.40. The summed E-state index contributed by atoms with van der Waals surface area (Å²) < 4.78 is 13.1. The van der Waals surface area contributed by atoms with Gasteiger partial charge in [0.15, 0.2) is 0 Å². The molecule has 2 amide bonds. The molecule has 0 spiro atoms. The summed E-state index contributed by atoms with van der Waals surface area (Å²) in [4.78, 5) is 28.7. The predicted octanol–water partition coefficient (Wildman–Crippen LogP) is 2.15. The molecule has 2 rings (SSSR count). The molecule has 1 aliphatic rings. The number of benzene rings is 1. The molecule has 1 saturated heterocycles. The van der Waals surface area contributed by atoms with Gasteiger partial charge in [-0.15, -0.1) is 0 Å². The number of hydrogen-bond donors (Lipinski definition) is 1. The Balaban J connectivity index is 2.15. The van der Waals surface area contributed by atoms with Gasteiger partial charge in [0.25, 0.3) is 0 Å². The van der Waals surface area contributed by atoms with Crippen LogP contribution in [0.4, 0.5) is 4.39 Å². The van der Waals surface area contributed by atoms with Crippen LogP contribution in [0, 0.1) is 11.7 Å². The van der Waals surface area contributed by atoms with Crippen molar-refractivity contribution >= 4 is 11.8 Å². The van der Waals surface area contributed by atoms with E-state index in [1.165, 1.54) is 12.1 Å². The summed E-state index contributed by atoms with van der Waals surface area (Å²) in [5.74, 6) is 0.0278. The van der Waals surface area contributed by atoms with Gasteiger partial charge >= 0.3 is 0 Å². The Hall–Kier alpha value is -1.95. The normalized spacial score (nSPS) is 18.6. The fraction of sp³-hybridized carbons (Fsp3) is 0.579. The van der Waals surface area contributed by atoms with Crippen molar-refractivity contribution in [2.24, 2.45) is 11.7 Å². The molecular formula is C19H28FN3O2. The fourth-order valence-corrected chi connectivity index (χ4v) is 3.18. The van der Waals surface area contributed by atoms with Gasteiger partial charge in [0.2, 0.25) is 11.8 Å². The number of carbonyl (C=O) groups excluding carboxylic acids is 2. The minimum atomic E-state index is -0.289. The van der Waals surface area contributed by atoms with Gasteiger partial charge in [-0.05, 0) is 36.6 Å². The maximum Gasteiger partial charge on any atom is 0.224 e. The van der Waals surface area contributed by atoms with Crippen molar-refractivity contribution in [3.8, 4) is 0 Å². The molecule has 0 aromatic heterocycles. The van der Waals surface area contributed by atoms with E-state index in [1.54, 1.807) is 17.0 Å². The van der Waals surface area contributed by atoms with Gasteiger partial charge < -0.3 is 15.5 Å². The van der Waals surface area contributed by atoms with Crippen LogP contribution in [0.2, 0.25) is 0 Å². The highest BCUT2D eigenvalue weighted by Gasteiger charge is 2.33. The van der Waals surface area contributed by atoms with E-state index in [-0.39, 0.29) is 29.6 Å². The van der Waals surface area contributed by atoms with Gasteiger partial charge in [-0.25, -0.2) is 4.39 Å². The lowest BCUT2D eigenvalue weighted by Crippen LogP contribution is -2.47. The molecule has 1 aromatic carbocycles. The maximum absolute atomic E-state index is 13.1. The second-order valence-corrected chi connectivity index (χ2v) is 6.94. The predicted molar refractivity (Wildman–Crippen MR) is 95.1 cm³/mol. The highest BCUT2D eigenvalue weighted by Crippen LogP contribution is 2.21. The molecule has 25 heavy (non-hydrogen) atoms. The number of nitrogens with two attached hydrogens (primary N) is 1. The second kappa shape index (κ2) is 8.94. The molecule has 1 heterocycles. The van der Waals surface area contributed by atoms with Gasteiger partial charge in [-0.1, -0.05) is 26.0 Å². The molecular weight excluding hydrogens is 321 g/mol. The molecule has 0 radical (unpaired) electrons. The van der Waals surface area contributed by atoms with Gasteiger partial charge in [0.1, 0.15) is 5.82 Å². The van der Waals surface area contributed by atoms with E-state index in [9.17, 15) is 14.0 Å². The number of carbonyl (C=O) groups is 2. The van der Waals surface area contributed by atoms with Crippen LogP contribution >= 0.6 is 0 Å². The smallest absolute Gasteiger partial charge is 0.224 e. The Morgan fingerprint density at radius 1 is 1.32 bits per heavy atom. The second-order valence-electron chi connectivity index (χ2n) is 6.94. The minimum Gasteiger partial charge on any atom is -0.340 e. The summed E-state index contributed by atoms with van der Waals surface area (Å²) in [5.41, 5.74) is 6.39. The Bertz CT molecular complexity index is 589. The van der Waals surface area contributed by atoms with Crippen LogP contribution in [0.25, 0.3) is 0 Å². The molecule has 5 nitrogen and oxygen atoms in total. The fourth-order valence-electron chi connectivity index (χ4n) is 3.18. The minimum absolute atomic E-state index is 0.0390. The molecule has 138 valence electrons. The highest BCUT2D eigenvalue weighted by atomic mass is 19.1. The first-order valence-electron chi connectivity index (χ1n) is 8.94. The van der Waals surface area contributed by atoms with E-state index in [0.29, 0.717) is 45.4 Å². The Morgan fingerprint density at radius 2 is 2.00 bits per heavy atom. The summed E-state index contributed by atoms with van der Waals surface area (Å²) >= 11 is 0. The third kappa shape index (κ3) is 5.26. The van der Waals surface area contributed by atoms with E-state index in [0.717, 1.165) is 5.56 Å². The lowest BCUT2D eigenvalue weighted by atomic mass is 10.0. The molecule has 1 aliphatic heterocycles. The van der Waals surface area contributed by atoms with E-state index >= 15 is 0 Å². The van der Waals surface area contributed by atoms with Gasteiger partial charge in [-0.3, -0.25) is 9.59 Å². The zero-order valence-electron chi connectivity index (χ0n) is 15.1. The van der Waals surface area contributed by atoms with Crippen molar-refractivity contribution in [1.29, 1.82) is 0 Å². The standard InChI is InChI=1S/C19H28FN3O2/c1-14(2)17-13-22(18(24)4-3-10-21)11-9-19(25)23(17)12-15-5-7-16(20)8-6-15/h5-8,14,17H,3-4,9-13,21H2,1-2H3/t17-/m1/s1. The van der Waals surface area contributed by atoms with Crippen molar-refractivity contribution in [2.45, 2.75) is 45.7 Å². The van der Waals surface area contributed by atoms with Crippen LogP contribution in [-0.4, -0.2) is 47.3 Å². The first kappa shape index (κ1) is 19.4.